The SMILES string of the molecule is CCN1CCCC(Cc2cn3c(n2)CCC(N)C3)C1. The molecule has 0 aromatic carbocycles. The zero-order chi connectivity index (χ0) is 13.2. The highest BCUT2D eigenvalue weighted by atomic mass is 15.1. The van der Waals surface area contributed by atoms with Crippen LogP contribution < -0.4 is 5.73 Å². The molecule has 1 aromatic rings. The van der Waals surface area contributed by atoms with Crippen molar-refractivity contribution in [1.29, 1.82) is 0 Å². The van der Waals surface area contributed by atoms with Crippen molar-refractivity contribution in [3.8, 4) is 0 Å². The minimum absolute atomic E-state index is 0.319. The number of likely N-dealkylation sites (tertiary alicyclic amines) is 1. The van der Waals surface area contributed by atoms with Crippen molar-refractivity contribution in [1.82, 2.24) is 14.5 Å². The highest BCUT2D eigenvalue weighted by Gasteiger charge is 2.22. The minimum Gasteiger partial charge on any atom is -0.333 e. The molecule has 1 saturated heterocycles. The number of hydrogen-bond donors (Lipinski definition) is 1. The first-order valence-electron chi connectivity index (χ1n) is 7.77. The van der Waals surface area contributed by atoms with Crippen LogP contribution in [0.3, 0.4) is 0 Å². The van der Waals surface area contributed by atoms with Crippen LogP contribution in [0.2, 0.25) is 0 Å². The minimum atomic E-state index is 0.319. The van der Waals surface area contributed by atoms with E-state index in [1.807, 2.05) is 0 Å². The molecule has 106 valence electrons. The molecule has 2 atom stereocenters. The average Bonchev–Trinajstić information content (AvgIpc) is 2.80. The molecule has 2 N–H and O–H groups in total. The standard InChI is InChI=1S/C15H26N4/c1-2-18-7-3-4-12(9-18)8-14-11-19-10-13(16)5-6-15(19)17-14/h11-13H,2-10,16H2,1H3. The highest BCUT2D eigenvalue weighted by molar-refractivity contribution is 5.08. The molecule has 0 amide bonds. The fourth-order valence-corrected chi connectivity index (χ4v) is 3.53. The van der Waals surface area contributed by atoms with Gasteiger partial charge in [-0.15, -0.1) is 0 Å². The molecule has 0 radical (unpaired) electrons. The third kappa shape index (κ3) is 3.00. The van der Waals surface area contributed by atoms with Gasteiger partial charge in [-0.25, -0.2) is 4.98 Å². The van der Waals surface area contributed by atoms with E-state index in [4.69, 9.17) is 10.7 Å². The van der Waals surface area contributed by atoms with Gasteiger partial charge in [-0.1, -0.05) is 6.92 Å². The molecule has 1 fully saturated rings. The fraction of sp³-hybridized carbons (Fsp3) is 0.800. The topological polar surface area (TPSA) is 47.1 Å². The van der Waals surface area contributed by atoms with Crippen LogP contribution in [0.25, 0.3) is 0 Å². The monoisotopic (exact) mass is 262 g/mol. The predicted octanol–water partition coefficient (Wildman–Crippen LogP) is 1.43. The van der Waals surface area contributed by atoms with Gasteiger partial charge in [-0.2, -0.15) is 0 Å². The largest absolute Gasteiger partial charge is 0.333 e. The normalized spacial score (nSPS) is 28.3. The third-order valence-corrected chi connectivity index (χ3v) is 4.63. The quantitative estimate of drug-likeness (QED) is 0.896. The molecule has 3 rings (SSSR count). The number of aryl methyl sites for hydroxylation is 1. The maximum Gasteiger partial charge on any atom is 0.109 e. The molecule has 2 aliphatic rings. The first-order valence-corrected chi connectivity index (χ1v) is 7.77. The van der Waals surface area contributed by atoms with Gasteiger partial charge in [0.25, 0.3) is 0 Å². The molecule has 4 heteroatoms. The molecule has 2 unspecified atom stereocenters. The number of nitrogens with zero attached hydrogens (tertiary/aromatic N) is 3. The number of aromatic nitrogens is 2. The summed E-state index contributed by atoms with van der Waals surface area (Å²) >= 11 is 0. The molecule has 19 heavy (non-hydrogen) atoms. The maximum absolute atomic E-state index is 6.02. The molecular formula is C15H26N4. The molecule has 2 aliphatic heterocycles. The molecule has 0 saturated carbocycles. The number of rotatable bonds is 3. The zero-order valence-electron chi connectivity index (χ0n) is 12.0. The summed E-state index contributed by atoms with van der Waals surface area (Å²) in [7, 11) is 0. The van der Waals surface area contributed by atoms with Crippen LogP contribution >= 0.6 is 0 Å². The first kappa shape index (κ1) is 13.1. The lowest BCUT2D eigenvalue weighted by molar-refractivity contribution is 0.181. The molecule has 0 aliphatic carbocycles. The summed E-state index contributed by atoms with van der Waals surface area (Å²) in [6, 6.07) is 0.319. The van der Waals surface area contributed by atoms with E-state index < -0.39 is 0 Å². The van der Waals surface area contributed by atoms with Crippen molar-refractivity contribution >= 4 is 0 Å². The summed E-state index contributed by atoms with van der Waals surface area (Å²) in [5.41, 5.74) is 7.31. The molecule has 0 bridgehead atoms. The van der Waals surface area contributed by atoms with Crippen LogP contribution in [-0.2, 0) is 19.4 Å². The lowest BCUT2D eigenvalue weighted by Gasteiger charge is -2.31. The molecular weight excluding hydrogens is 236 g/mol. The van der Waals surface area contributed by atoms with E-state index in [9.17, 15) is 0 Å². The Hall–Kier alpha value is -0.870. The third-order valence-electron chi connectivity index (χ3n) is 4.63. The predicted molar refractivity (Wildman–Crippen MR) is 77.1 cm³/mol. The Kier molecular flexibility index (Phi) is 3.89. The average molecular weight is 262 g/mol. The second-order valence-electron chi connectivity index (χ2n) is 6.21. The fourth-order valence-electron chi connectivity index (χ4n) is 3.53. The lowest BCUT2D eigenvalue weighted by Crippen LogP contribution is -2.35. The summed E-state index contributed by atoms with van der Waals surface area (Å²) in [5, 5.41) is 0. The highest BCUT2D eigenvalue weighted by Crippen LogP contribution is 2.22. The van der Waals surface area contributed by atoms with Crippen molar-refractivity contribution in [3.05, 3.63) is 17.7 Å². The number of imidazole rings is 1. The molecule has 1 aromatic heterocycles. The summed E-state index contributed by atoms with van der Waals surface area (Å²) in [4.78, 5) is 7.39. The lowest BCUT2D eigenvalue weighted by atomic mass is 9.94. The van der Waals surface area contributed by atoms with Crippen LogP contribution in [0.15, 0.2) is 6.20 Å². The second kappa shape index (κ2) is 5.63. The van der Waals surface area contributed by atoms with Crippen molar-refractivity contribution in [3.63, 3.8) is 0 Å². The Balaban J connectivity index is 1.64. The van der Waals surface area contributed by atoms with Crippen molar-refractivity contribution in [2.75, 3.05) is 19.6 Å². The first-order chi connectivity index (χ1) is 9.24. The number of fused-ring (bicyclic) bond motifs is 1. The molecule has 4 nitrogen and oxygen atoms in total. The van der Waals surface area contributed by atoms with Gasteiger partial charge >= 0.3 is 0 Å². The van der Waals surface area contributed by atoms with Gasteiger partial charge < -0.3 is 15.2 Å². The van der Waals surface area contributed by atoms with E-state index in [1.165, 1.54) is 44.0 Å². The van der Waals surface area contributed by atoms with Gasteiger partial charge in [0, 0.05) is 31.7 Å². The second-order valence-corrected chi connectivity index (χ2v) is 6.21. The Morgan fingerprint density at radius 3 is 3.11 bits per heavy atom. The smallest absolute Gasteiger partial charge is 0.109 e. The van der Waals surface area contributed by atoms with Crippen LogP contribution in [0.1, 0.15) is 37.7 Å². The Morgan fingerprint density at radius 1 is 1.37 bits per heavy atom. The Bertz CT molecular complexity index is 426. The van der Waals surface area contributed by atoms with Gasteiger partial charge in [-0.3, -0.25) is 0 Å². The van der Waals surface area contributed by atoms with Gasteiger partial charge in [-0.05, 0) is 44.7 Å². The Labute approximate surface area is 116 Å². The number of hydrogen-bond acceptors (Lipinski definition) is 3. The van der Waals surface area contributed by atoms with Crippen LogP contribution in [0, 0.1) is 5.92 Å². The van der Waals surface area contributed by atoms with Crippen LogP contribution in [-0.4, -0.2) is 40.1 Å². The van der Waals surface area contributed by atoms with Gasteiger partial charge in [0.15, 0.2) is 0 Å². The van der Waals surface area contributed by atoms with Crippen molar-refractivity contribution < 1.29 is 0 Å². The van der Waals surface area contributed by atoms with E-state index in [0.717, 1.165) is 31.7 Å². The summed E-state index contributed by atoms with van der Waals surface area (Å²) in [6.07, 6.45) is 8.23. The van der Waals surface area contributed by atoms with E-state index >= 15 is 0 Å². The van der Waals surface area contributed by atoms with E-state index in [1.54, 1.807) is 0 Å². The number of piperidine rings is 1. The van der Waals surface area contributed by atoms with E-state index in [2.05, 4.69) is 22.6 Å². The zero-order valence-corrected chi connectivity index (χ0v) is 12.0. The summed E-state index contributed by atoms with van der Waals surface area (Å²) in [5.74, 6) is 2.04. The Morgan fingerprint density at radius 2 is 2.26 bits per heavy atom. The van der Waals surface area contributed by atoms with Gasteiger partial charge in [0.2, 0.25) is 0 Å². The van der Waals surface area contributed by atoms with Gasteiger partial charge in [0.1, 0.15) is 5.82 Å². The maximum atomic E-state index is 6.02. The number of nitrogens with two attached hydrogens (primary N) is 1. The van der Waals surface area contributed by atoms with Crippen molar-refractivity contribution in [2.24, 2.45) is 11.7 Å². The summed E-state index contributed by atoms with van der Waals surface area (Å²) < 4.78 is 2.28. The molecule has 3 heterocycles. The van der Waals surface area contributed by atoms with E-state index in [0.29, 0.717) is 6.04 Å². The van der Waals surface area contributed by atoms with Crippen LogP contribution in [0.5, 0.6) is 0 Å². The van der Waals surface area contributed by atoms with Crippen LogP contribution in [0.4, 0.5) is 0 Å². The van der Waals surface area contributed by atoms with E-state index in [-0.39, 0.29) is 0 Å². The van der Waals surface area contributed by atoms with Gasteiger partial charge in [0.05, 0.1) is 5.69 Å². The molecule has 0 spiro atoms. The van der Waals surface area contributed by atoms with Crippen molar-refractivity contribution in [2.45, 2.75) is 51.6 Å². The summed E-state index contributed by atoms with van der Waals surface area (Å²) in [6.45, 7) is 6.93.